The molecular formula is C32H28BrIN2O5S. The molecule has 1 aliphatic rings. The van der Waals surface area contributed by atoms with Crippen LogP contribution in [0.2, 0.25) is 0 Å². The third-order valence-electron chi connectivity index (χ3n) is 6.79. The summed E-state index contributed by atoms with van der Waals surface area (Å²) < 4.78 is 21.0. The molecule has 0 bridgehead atoms. The van der Waals surface area contributed by atoms with Gasteiger partial charge in [-0.25, -0.2) is 9.79 Å². The van der Waals surface area contributed by atoms with E-state index in [1.807, 2.05) is 67.6 Å². The van der Waals surface area contributed by atoms with E-state index in [0.29, 0.717) is 38.7 Å². The zero-order chi connectivity index (χ0) is 30.0. The Balaban J connectivity index is 1.57. The zero-order valence-electron chi connectivity index (χ0n) is 23.4. The minimum Gasteiger partial charge on any atom is -0.493 e. The number of aromatic nitrogens is 1. The first-order chi connectivity index (χ1) is 20.2. The average molecular weight is 759 g/mol. The minimum atomic E-state index is -0.655. The van der Waals surface area contributed by atoms with Crippen molar-refractivity contribution in [3.8, 4) is 11.5 Å². The Morgan fingerprint density at radius 1 is 1.10 bits per heavy atom. The molecule has 0 unspecified atom stereocenters. The molecule has 0 saturated carbocycles. The van der Waals surface area contributed by atoms with Gasteiger partial charge in [-0.2, -0.15) is 0 Å². The second-order valence-electron chi connectivity index (χ2n) is 9.65. The molecule has 0 N–H and O–H groups in total. The van der Waals surface area contributed by atoms with Crippen LogP contribution in [0.15, 0.2) is 86.2 Å². The van der Waals surface area contributed by atoms with E-state index < -0.39 is 12.0 Å². The normalized spacial score (nSPS) is 14.8. The number of nitrogens with zero attached hydrogens (tertiary/aromatic N) is 2. The van der Waals surface area contributed by atoms with E-state index in [1.54, 1.807) is 31.6 Å². The van der Waals surface area contributed by atoms with Crippen LogP contribution in [0.1, 0.15) is 42.1 Å². The predicted molar refractivity (Wildman–Crippen MR) is 176 cm³/mol. The minimum absolute atomic E-state index is 0.223. The van der Waals surface area contributed by atoms with E-state index >= 15 is 0 Å². The highest BCUT2D eigenvalue weighted by Gasteiger charge is 2.33. The fourth-order valence-electron chi connectivity index (χ4n) is 4.67. The Kier molecular flexibility index (Phi) is 9.34. The molecule has 0 fully saturated rings. The van der Waals surface area contributed by atoms with Gasteiger partial charge in [-0.05, 0) is 90.4 Å². The monoisotopic (exact) mass is 758 g/mol. The van der Waals surface area contributed by atoms with Crippen LogP contribution in [0.5, 0.6) is 11.5 Å². The maximum atomic E-state index is 14.0. The second kappa shape index (κ2) is 13.0. The van der Waals surface area contributed by atoms with Gasteiger partial charge in [0.1, 0.15) is 6.61 Å². The van der Waals surface area contributed by atoms with Crippen molar-refractivity contribution in [3.63, 3.8) is 0 Å². The quantitative estimate of drug-likeness (QED) is 0.161. The number of carbonyl (C=O) groups excluding carboxylic acids is 1. The van der Waals surface area contributed by atoms with E-state index in [4.69, 9.17) is 14.2 Å². The van der Waals surface area contributed by atoms with Crippen LogP contribution in [-0.4, -0.2) is 24.3 Å². The molecule has 1 aliphatic heterocycles. The SMILES string of the molecule is CCOC(=O)C1=C(C)N=c2s/c(=C/c3cc(OC)c(OCc4ccc(I)cc4)cc3Br)c(=O)n2[C@H]1c1ccc(C)cc1. The van der Waals surface area contributed by atoms with Gasteiger partial charge in [0.2, 0.25) is 0 Å². The standard InChI is InChI=1S/C32H28BrIN2O5S/c1-5-40-31(38)28-19(3)35-32-36(29(28)21-10-6-18(2)7-11-21)30(37)27(42-32)15-22-14-25(39-4)26(16-24(22)33)41-17-20-8-12-23(34)13-9-20/h6-16,29H,5,17H2,1-4H3/b27-15+/t29-/m0/s1. The molecule has 0 radical (unpaired) electrons. The van der Waals surface area contributed by atoms with Gasteiger partial charge in [-0.1, -0.05) is 69.2 Å². The fourth-order valence-corrected chi connectivity index (χ4v) is 6.51. The van der Waals surface area contributed by atoms with Crippen molar-refractivity contribution in [1.29, 1.82) is 0 Å². The topological polar surface area (TPSA) is 79.1 Å². The number of aryl methyl sites for hydroxylation is 1. The van der Waals surface area contributed by atoms with E-state index in [9.17, 15) is 9.59 Å². The Morgan fingerprint density at radius 2 is 1.81 bits per heavy atom. The van der Waals surface area contributed by atoms with Crippen LogP contribution in [0.4, 0.5) is 0 Å². The zero-order valence-corrected chi connectivity index (χ0v) is 28.0. The molecule has 4 aromatic rings. The van der Waals surface area contributed by atoms with Crippen LogP contribution in [0.25, 0.3) is 6.08 Å². The molecule has 1 atom stereocenters. The number of allylic oxidation sites excluding steroid dienone is 1. The Morgan fingerprint density at radius 3 is 2.48 bits per heavy atom. The van der Waals surface area contributed by atoms with Gasteiger partial charge in [-0.15, -0.1) is 0 Å². The third kappa shape index (κ3) is 6.25. The van der Waals surface area contributed by atoms with Crippen molar-refractivity contribution in [3.05, 3.63) is 122 Å². The molecule has 5 rings (SSSR count). The van der Waals surface area contributed by atoms with Gasteiger partial charge in [0.15, 0.2) is 16.3 Å². The summed E-state index contributed by atoms with van der Waals surface area (Å²) in [6.45, 7) is 6.14. The van der Waals surface area contributed by atoms with Crippen molar-refractivity contribution in [2.24, 2.45) is 4.99 Å². The number of ether oxygens (including phenoxy) is 3. The van der Waals surface area contributed by atoms with Crippen LogP contribution < -0.4 is 24.4 Å². The van der Waals surface area contributed by atoms with Gasteiger partial charge in [-0.3, -0.25) is 9.36 Å². The summed E-state index contributed by atoms with van der Waals surface area (Å²) in [4.78, 5) is 32.2. The molecular weight excluding hydrogens is 731 g/mol. The van der Waals surface area contributed by atoms with E-state index in [0.717, 1.165) is 30.3 Å². The maximum Gasteiger partial charge on any atom is 0.338 e. The molecule has 0 aliphatic carbocycles. The van der Waals surface area contributed by atoms with E-state index in [1.165, 1.54) is 11.3 Å². The predicted octanol–water partition coefficient (Wildman–Crippen LogP) is 6.06. The Bertz CT molecular complexity index is 1860. The number of rotatable bonds is 8. The summed E-state index contributed by atoms with van der Waals surface area (Å²) in [7, 11) is 1.58. The van der Waals surface area contributed by atoms with Gasteiger partial charge < -0.3 is 14.2 Å². The van der Waals surface area contributed by atoms with Crippen molar-refractivity contribution in [1.82, 2.24) is 4.57 Å². The maximum absolute atomic E-state index is 14.0. The number of fused-ring (bicyclic) bond motifs is 1. The smallest absolute Gasteiger partial charge is 0.338 e. The first-order valence-electron chi connectivity index (χ1n) is 13.2. The molecule has 0 amide bonds. The van der Waals surface area contributed by atoms with Crippen LogP contribution >= 0.6 is 49.9 Å². The van der Waals surface area contributed by atoms with Crippen LogP contribution in [-0.2, 0) is 16.1 Å². The molecule has 2 heterocycles. The Hall–Kier alpha value is -3.22. The lowest BCUT2D eigenvalue weighted by Gasteiger charge is -2.24. The van der Waals surface area contributed by atoms with E-state index in [2.05, 4.69) is 43.5 Å². The average Bonchev–Trinajstić information content (AvgIpc) is 3.27. The number of hydrogen-bond donors (Lipinski definition) is 0. The molecule has 0 saturated heterocycles. The number of carbonyl (C=O) groups is 1. The number of hydrogen-bond acceptors (Lipinski definition) is 7. The summed E-state index contributed by atoms with van der Waals surface area (Å²) in [6.07, 6.45) is 1.80. The highest BCUT2D eigenvalue weighted by Crippen LogP contribution is 2.35. The molecule has 10 heteroatoms. The lowest BCUT2D eigenvalue weighted by atomic mass is 9.95. The molecule has 7 nitrogen and oxygen atoms in total. The van der Waals surface area contributed by atoms with Gasteiger partial charge in [0.25, 0.3) is 5.56 Å². The summed E-state index contributed by atoms with van der Waals surface area (Å²) in [5, 5.41) is 0. The highest BCUT2D eigenvalue weighted by molar-refractivity contribution is 14.1. The second-order valence-corrected chi connectivity index (χ2v) is 12.8. The van der Waals surface area contributed by atoms with Gasteiger partial charge in [0.05, 0.1) is 35.6 Å². The third-order valence-corrected chi connectivity index (χ3v) is 9.18. The molecule has 1 aromatic heterocycles. The summed E-state index contributed by atoms with van der Waals surface area (Å²) in [5.74, 6) is 0.642. The van der Waals surface area contributed by atoms with Crippen LogP contribution in [0.3, 0.4) is 0 Å². The molecule has 216 valence electrons. The van der Waals surface area contributed by atoms with Crippen molar-refractivity contribution >= 4 is 61.9 Å². The summed E-state index contributed by atoms with van der Waals surface area (Å²) in [6, 6.07) is 18.9. The van der Waals surface area contributed by atoms with E-state index in [-0.39, 0.29) is 12.2 Å². The number of esters is 1. The molecule has 3 aromatic carbocycles. The largest absolute Gasteiger partial charge is 0.493 e. The number of thiazole rings is 1. The van der Waals surface area contributed by atoms with Crippen molar-refractivity contribution < 1.29 is 19.0 Å². The fraction of sp³-hybridized carbons (Fsp3) is 0.219. The highest BCUT2D eigenvalue weighted by atomic mass is 127. The lowest BCUT2D eigenvalue weighted by Crippen LogP contribution is -2.39. The van der Waals surface area contributed by atoms with Gasteiger partial charge >= 0.3 is 5.97 Å². The molecule has 42 heavy (non-hydrogen) atoms. The Labute approximate surface area is 269 Å². The number of benzene rings is 3. The first-order valence-corrected chi connectivity index (χ1v) is 15.9. The van der Waals surface area contributed by atoms with Crippen LogP contribution in [0, 0.1) is 10.5 Å². The number of methoxy groups -OCH3 is 1. The summed E-state index contributed by atoms with van der Waals surface area (Å²) >= 11 is 7.19. The first kappa shape index (κ1) is 30.2. The lowest BCUT2D eigenvalue weighted by molar-refractivity contribution is -0.139. The summed E-state index contributed by atoms with van der Waals surface area (Å²) in [5.41, 5.74) is 4.31. The molecule has 0 spiro atoms. The van der Waals surface area contributed by atoms with Crippen molar-refractivity contribution in [2.45, 2.75) is 33.4 Å². The number of halogens is 2. The van der Waals surface area contributed by atoms with Gasteiger partial charge in [0, 0.05) is 8.04 Å². The van der Waals surface area contributed by atoms with Crippen molar-refractivity contribution in [2.75, 3.05) is 13.7 Å².